The van der Waals surface area contributed by atoms with Crippen molar-refractivity contribution in [2.24, 2.45) is 0 Å². The Morgan fingerprint density at radius 3 is 2.62 bits per heavy atom. The van der Waals surface area contributed by atoms with Crippen LogP contribution in [0.15, 0.2) is 0 Å². The fraction of sp³-hybridized carbons (Fsp3) is 0.875. The summed E-state index contributed by atoms with van der Waals surface area (Å²) < 4.78 is 4.54. The molecule has 0 aliphatic heterocycles. The summed E-state index contributed by atoms with van der Waals surface area (Å²) in [7, 11) is 1.39. The Morgan fingerprint density at radius 2 is 2.08 bits per heavy atom. The second-order valence-electron chi connectivity index (χ2n) is 3.18. The molecular formula is C8H13Br2NO2. The second-order valence-corrected chi connectivity index (χ2v) is 5.53. The van der Waals surface area contributed by atoms with E-state index in [-0.39, 0.29) is 12.1 Å². The molecule has 0 radical (unpaired) electrons. The molecule has 0 aromatic carbocycles. The highest BCUT2D eigenvalue weighted by molar-refractivity contribution is 9.12. The molecule has 0 bridgehead atoms. The third kappa shape index (κ3) is 3.46. The lowest BCUT2D eigenvalue weighted by Crippen LogP contribution is -2.41. The molecule has 0 heterocycles. The fourth-order valence-electron chi connectivity index (χ4n) is 1.44. The number of carbonyl (C=O) groups excluding carboxylic acids is 1. The van der Waals surface area contributed by atoms with Gasteiger partial charge in [-0.2, -0.15) is 0 Å². The summed E-state index contributed by atoms with van der Waals surface area (Å²) in [6, 6.07) is 0.241. The second kappa shape index (κ2) is 5.20. The molecule has 1 amide bonds. The highest BCUT2D eigenvalue weighted by Gasteiger charge is 2.27. The van der Waals surface area contributed by atoms with Gasteiger partial charge in [0, 0.05) is 15.7 Å². The molecule has 1 rings (SSSR count). The van der Waals surface area contributed by atoms with Crippen LogP contribution in [0.25, 0.3) is 0 Å². The van der Waals surface area contributed by atoms with Gasteiger partial charge in [0.2, 0.25) is 0 Å². The normalized spacial score (nSPS) is 33.9. The molecule has 1 fully saturated rings. The van der Waals surface area contributed by atoms with Gasteiger partial charge in [-0.15, -0.1) is 0 Å². The van der Waals surface area contributed by atoms with Crippen molar-refractivity contribution in [1.29, 1.82) is 0 Å². The van der Waals surface area contributed by atoms with E-state index >= 15 is 0 Å². The minimum atomic E-state index is -0.335. The number of rotatable bonds is 1. The van der Waals surface area contributed by atoms with Gasteiger partial charge in [0.25, 0.3) is 0 Å². The van der Waals surface area contributed by atoms with Crippen molar-refractivity contribution in [2.45, 2.75) is 35.0 Å². The molecule has 13 heavy (non-hydrogen) atoms. The summed E-state index contributed by atoms with van der Waals surface area (Å²) in [4.78, 5) is 11.9. The van der Waals surface area contributed by atoms with Crippen molar-refractivity contribution in [1.82, 2.24) is 5.32 Å². The molecular weight excluding hydrogens is 302 g/mol. The average molecular weight is 315 g/mol. The van der Waals surface area contributed by atoms with Crippen molar-refractivity contribution in [3.05, 3.63) is 0 Å². The van der Waals surface area contributed by atoms with E-state index in [0.29, 0.717) is 9.65 Å². The Hall–Kier alpha value is 0.230. The van der Waals surface area contributed by atoms with Crippen LogP contribution in [0.4, 0.5) is 4.79 Å². The SMILES string of the molecule is COC(=O)N[C@H]1CC[C@H](Br)[C@@H](Br)C1. The van der Waals surface area contributed by atoms with E-state index in [9.17, 15) is 4.79 Å². The van der Waals surface area contributed by atoms with E-state index in [1.54, 1.807) is 0 Å². The predicted octanol–water partition coefficient (Wildman–Crippen LogP) is 2.42. The largest absolute Gasteiger partial charge is 0.453 e. The minimum Gasteiger partial charge on any atom is -0.453 e. The van der Waals surface area contributed by atoms with Gasteiger partial charge < -0.3 is 10.1 Å². The summed E-state index contributed by atoms with van der Waals surface area (Å²) in [6.45, 7) is 0. The molecule has 0 saturated heterocycles. The van der Waals surface area contributed by atoms with Crippen LogP contribution in [0.2, 0.25) is 0 Å². The van der Waals surface area contributed by atoms with Crippen LogP contribution in [-0.2, 0) is 4.74 Å². The molecule has 0 aromatic heterocycles. The molecule has 0 unspecified atom stereocenters. The summed E-state index contributed by atoms with van der Waals surface area (Å²) in [5, 5.41) is 2.81. The van der Waals surface area contributed by atoms with Gasteiger partial charge in [0.05, 0.1) is 7.11 Å². The number of methoxy groups -OCH3 is 1. The maximum atomic E-state index is 10.9. The molecule has 1 saturated carbocycles. The van der Waals surface area contributed by atoms with Crippen molar-refractivity contribution in [2.75, 3.05) is 7.11 Å². The quantitative estimate of drug-likeness (QED) is 0.755. The number of carbonyl (C=O) groups is 1. The van der Waals surface area contributed by atoms with Gasteiger partial charge in [-0.25, -0.2) is 4.79 Å². The third-order valence-corrected chi connectivity index (χ3v) is 5.02. The highest BCUT2D eigenvalue weighted by atomic mass is 79.9. The van der Waals surface area contributed by atoms with Crippen LogP contribution in [0.5, 0.6) is 0 Å². The molecule has 0 spiro atoms. The van der Waals surface area contributed by atoms with Crippen molar-refractivity contribution in [3.63, 3.8) is 0 Å². The first-order valence-corrected chi connectivity index (χ1v) is 6.09. The Balaban J connectivity index is 2.33. The average Bonchev–Trinajstić information content (AvgIpc) is 2.11. The summed E-state index contributed by atoms with van der Waals surface area (Å²) in [6.07, 6.45) is 2.70. The topological polar surface area (TPSA) is 38.3 Å². The van der Waals surface area contributed by atoms with Crippen LogP contribution >= 0.6 is 31.9 Å². The lowest BCUT2D eigenvalue weighted by atomic mass is 9.95. The molecule has 76 valence electrons. The number of hydrogen-bond acceptors (Lipinski definition) is 2. The Labute approximate surface area is 94.8 Å². The van der Waals surface area contributed by atoms with Crippen molar-refractivity contribution in [3.8, 4) is 0 Å². The van der Waals surface area contributed by atoms with Crippen LogP contribution in [0, 0.1) is 0 Å². The number of nitrogens with one attached hydrogen (secondary N) is 1. The number of alkyl carbamates (subject to hydrolysis) is 1. The number of ether oxygens (including phenoxy) is 1. The number of halogens is 2. The standard InChI is InChI=1S/C8H13Br2NO2/c1-13-8(12)11-5-2-3-6(9)7(10)4-5/h5-7H,2-4H2,1H3,(H,11,12)/t5-,6-,7-/m0/s1. The van der Waals surface area contributed by atoms with Crippen LogP contribution in [-0.4, -0.2) is 28.9 Å². The van der Waals surface area contributed by atoms with Gasteiger partial charge >= 0.3 is 6.09 Å². The Kier molecular flexibility index (Phi) is 4.52. The van der Waals surface area contributed by atoms with Gasteiger partial charge in [-0.05, 0) is 19.3 Å². The van der Waals surface area contributed by atoms with E-state index in [2.05, 4.69) is 41.9 Å². The van der Waals surface area contributed by atoms with Crippen LogP contribution in [0.3, 0.4) is 0 Å². The first-order valence-electron chi connectivity index (χ1n) is 4.26. The Bertz CT molecular complexity index is 189. The number of hydrogen-bond donors (Lipinski definition) is 1. The van der Waals surface area contributed by atoms with Gasteiger partial charge in [-0.1, -0.05) is 31.9 Å². The van der Waals surface area contributed by atoms with Gasteiger partial charge in [0.1, 0.15) is 0 Å². The van der Waals surface area contributed by atoms with E-state index in [4.69, 9.17) is 0 Å². The van der Waals surface area contributed by atoms with E-state index in [1.807, 2.05) is 0 Å². The smallest absolute Gasteiger partial charge is 0.407 e. The van der Waals surface area contributed by atoms with Crippen molar-refractivity contribution < 1.29 is 9.53 Å². The molecule has 3 atom stereocenters. The fourth-order valence-corrected chi connectivity index (χ4v) is 2.63. The van der Waals surface area contributed by atoms with E-state index < -0.39 is 0 Å². The zero-order chi connectivity index (χ0) is 9.84. The van der Waals surface area contributed by atoms with Gasteiger partial charge in [-0.3, -0.25) is 0 Å². The first kappa shape index (κ1) is 11.3. The summed E-state index contributed by atoms with van der Waals surface area (Å²) in [5.74, 6) is 0. The van der Waals surface area contributed by atoms with Crippen molar-refractivity contribution >= 4 is 38.0 Å². The first-order chi connectivity index (χ1) is 6.13. The summed E-state index contributed by atoms with van der Waals surface area (Å²) in [5.41, 5.74) is 0. The molecule has 1 aliphatic carbocycles. The number of amides is 1. The van der Waals surface area contributed by atoms with Crippen LogP contribution < -0.4 is 5.32 Å². The molecule has 3 nitrogen and oxygen atoms in total. The lowest BCUT2D eigenvalue weighted by molar-refractivity contribution is 0.164. The molecule has 5 heteroatoms. The monoisotopic (exact) mass is 313 g/mol. The maximum absolute atomic E-state index is 10.9. The maximum Gasteiger partial charge on any atom is 0.407 e. The Morgan fingerprint density at radius 1 is 1.38 bits per heavy atom. The third-order valence-electron chi connectivity index (χ3n) is 2.20. The van der Waals surface area contributed by atoms with E-state index in [1.165, 1.54) is 7.11 Å². The molecule has 1 aliphatic rings. The number of alkyl halides is 2. The zero-order valence-corrected chi connectivity index (χ0v) is 10.6. The predicted molar refractivity (Wildman–Crippen MR) is 58.6 cm³/mol. The zero-order valence-electron chi connectivity index (χ0n) is 7.43. The lowest BCUT2D eigenvalue weighted by Gasteiger charge is -2.29. The molecule has 0 aromatic rings. The summed E-state index contributed by atoms with van der Waals surface area (Å²) >= 11 is 7.14. The highest BCUT2D eigenvalue weighted by Crippen LogP contribution is 2.30. The van der Waals surface area contributed by atoms with Crippen LogP contribution in [0.1, 0.15) is 19.3 Å². The molecule has 1 N–H and O–H groups in total. The van der Waals surface area contributed by atoms with E-state index in [0.717, 1.165) is 19.3 Å². The van der Waals surface area contributed by atoms with Gasteiger partial charge in [0.15, 0.2) is 0 Å². The minimum absolute atomic E-state index is 0.241.